The molecular weight excluding hydrogens is 342 g/mol. The van der Waals surface area contributed by atoms with Crippen LogP contribution in [0.15, 0.2) is 46.1 Å². The summed E-state index contributed by atoms with van der Waals surface area (Å²) in [6, 6.07) is 8.42. The van der Waals surface area contributed by atoms with E-state index in [9.17, 15) is 14.7 Å². The Balaban J connectivity index is 2.14. The maximum atomic E-state index is 12.9. The predicted octanol–water partition coefficient (Wildman–Crippen LogP) is 4.72. The Labute approximate surface area is 159 Å². The van der Waals surface area contributed by atoms with Gasteiger partial charge in [-0.25, -0.2) is 0 Å². The number of hydrogen-bond donors (Lipinski definition) is 1. The normalized spacial score (nSPS) is 17.3. The number of benzene rings is 1. The van der Waals surface area contributed by atoms with Crippen LogP contribution in [0, 0.1) is 26.7 Å². The minimum absolute atomic E-state index is 0.112. The smallest absolute Gasteiger partial charge is 0.294 e. The van der Waals surface area contributed by atoms with Crippen LogP contribution in [-0.4, -0.2) is 16.8 Å². The SMILES string of the molecule is Cc1ccc(C2C(C(=O)CC(C)C)=C(O)C(=O)N2c2ccc(C)c(C)c2)o1. The van der Waals surface area contributed by atoms with Gasteiger partial charge in [-0.1, -0.05) is 19.9 Å². The van der Waals surface area contributed by atoms with Gasteiger partial charge in [-0.3, -0.25) is 14.5 Å². The van der Waals surface area contributed by atoms with Gasteiger partial charge in [0.05, 0.1) is 5.57 Å². The summed E-state index contributed by atoms with van der Waals surface area (Å²) in [5, 5.41) is 10.6. The van der Waals surface area contributed by atoms with Crippen LogP contribution in [0.25, 0.3) is 0 Å². The van der Waals surface area contributed by atoms with E-state index in [4.69, 9.17) is 4.42 Å². The zero-order chi connectivity index (χ0) is 19.9. The summed E-state index contributed by atoms with van der Waals surface area (Å²) in [6.07, 6.45) is 0.254. The number of hydrogen-bond acceptors (Lipinski definition) is 4. The van der Waals surface area contributed by atoms with E-state index in [1.807, 2.05) is 45.9 Å². The van der Waals surface area contributed by atoms with Crippen molar-refractivity contribution in [2.45, 2.75) is 47.1 Å². The van der Waals surface area contributed by atoms with Gasteiger partial charge in [-0.15, -0.1) is 0 Å². The predicted molar refractivity (Wildman–Crippen MR) is 104 cm³/mol. The van der Waals surface area contributed by atoms with Crippen LogP contribution in [0.3, 0.4) is 0 Å². The molecule has 27 heavy (non-hydrogen) atoms. The van der Waals surface area contributed by atoms with E-state index < -0.39 is 17.7 Å². The van der Waals surface area contributed by atoms with Gasteiger partial charge in [-0.2, -0.15) is 0 Å². The Hall–Kier alpha value is -2.82. The van der Waals surface area contributed by atoms with Crippen molar-refractivity contribution in [2.24, 2.45) is 5.92 Å². The topological polar surface area (TPSA) is 70.8 Å². The minimum atomic E-state index is -0.764. The third kappa shape index (κ3) is 3.42. The van der Waals surface area contributed by atoms with E-state index in [1.165, 1.54) is 4.90 Å². The zero-order valence-corrected chi connectivity index (χ0v) is 16.4. The lowest BCUT2D eigenvalue weighted by Crippen LogP contribution is -2.31. The number of carbonyl (C=O) groups is 2. The van der Waals surface area contributed by atoms with Crippen molar-refractivity contribution >= 4 is 17.4 Å². The van der Waals surface area contributed by atoms with E-state index >= 15 is 0 Å². The van der Waals surface area contributed by atoms with Crippen molar-refractivity contribution in [2.75, 3.05) is 4.90 Å². The van der Waals surface area contributed by atoms with Gasteiger partial charge >= 0.3 is 0 Å². The highest BCUT2D eigenvalue weighted by Crippen LogP contribution is 2.42. The molecule has 3 rings (SSSR count). The molecule has 2 heterocycles. The number of anilines is 1. The summed E-state index contributed by atoms with van der Waals surface area (Å²) < 4.78 is 5.76. The lowest BCUT2D eigenvalue weighted by Gasteiger charge is -2.25. The molecule has 1 aromatic carbocycles. The highest BCUT2D eigenvalue weighted by molar-refractivity contribution is 6.16. The highest BCUT2D eigenvalue weighted by atomic mass is 16.3. The second-order valence-electron chi connectivity index (χ2n) is 7.58. The fourth-order valence-corrected chi connectivity index (χ4v) is 3.38. The summed E-state index contributed by atoms with van der Waals surface area (Å²) in [7, 11) is 0. The first-order valence-electron chi connectivity index (χ1n) is 9.14. The van der Waals surface area contributed by atoms with Crippen molar-refractivity contribution in [3.63, 3.8) is 0 Å². The second-order valence-corrected chi connectivity index (χ2v) is 7.58. The number of aryl methyl sites for hydroxylation is 3. The third-order valence-corrected chi connectivity index (χ3v) is 4.90. The summed E-state index contributed by atoms with van der Waals surface area (Å²) in [5.74, 6) is -0.0408. The van der Waals surface area contributed by atoms with Crippen LogP contribution in [-0.2, 0) is 9.59 Å². The summed E-state index contributed by atoms with van der Waals surface area (Å²) in [6.45, 7) is 9.62. The Morgan fingerprint density at radius 3 is 2.41 bits per heavy atom. The number of aliphatic hydroxyl groups is 1. The van der Waals surface area contributed by atoms with Gasteiger partial charge in [0.25, 0.3) is 5.91 Å². The van der Waals surface area contributed by atoms with Crippen LogP contribution in [0.1, 0.15) is 49.0 Å². The summed E-state index contributed by atoms with van der Waals surface area (Å²) >= 11 is 0. The quantitative estimate of drug-likeness (QED) is 0.830. The number of amides is 1. The Morgan fingerprint density at radius 1 is 1.15 bits per heavy atom. The molecule has 1 unspecified atom stereocenters. The number of rotatable bonds is 5. The monoisotopic (exact) mass is 367 g/mol. The maximum absolute atomic E-state index is 12.9. The van der Waals surface area contributed by atoms with Crippen LogP contribution >= 0.6 is 0 Å². The molecule has 0 radical (unpaired) electrons. The average Bonchev–Trinajstić information content (AvgIpc) is 3.12. The molecule has 0 saturated carbocycles. The van der Waals surface area contributed by atoms with E-state index in [0.717, 1.165) is 11.1 Å². The molecule has 1 aliphatic heterocycles. The maximum Gasteiger partial charge on any atom is 0.294 e. The molecule has 2 aromatic rings. The van der Waals surface area contributed by atoms with Gasteiger partial charge in [0.1, 0.15) is 17.6 Å². The van der Waals surface area contributed by atoms with Gasteiger partial charge in [0.2, 0.25) is 0 Å². The zero-order valence-electron chi connectivity index (χ0n) is 16.4. The highest BCUT2D eigenvalue weighted by Gasteiger charge is 2.45. The van der Waals surface area contributed by atoms with Crippen LogP contribution in [0.4, 0.5) is 5.69 Å². The van der Waals surface area contributed by atoms with Gasteiger partial charge in [-0.05, 0) is 62.1 Å². The van der Waals surface area contributed by atoms with E-state index in [2.05, 4.69) is 0 Å². The molecule has 0 bridgehead atoms. The van der Waals surface area contributed by atoms with Crippen molar-refractivity contribution in [1.82, 2.24) is 0 Å². The van der Waals surface area contributed by atoms with E-state index in [1.54, 1.807) is 19.1 Å². The van der Waals surface area contributed by atoms with Crippen molar-refractivity contribution in [3.8, 4) is 0 Å². The first kappa shape index (κ1) is 19.0. The van der Waals surface area contributed by atoms with Gasteiger partial charge < -0.3 is 9.52 Å². The molecule has 0 spiro atoms. The molecule has 1 atom stereocenters. The molecular formula is C22H25NO4. The van der Waals surface area contributed by atoms with Crippen molar-refractivity contribution in [3.05, 3.63) is 64.3 Å². The van der Waals surface area contributed by atoms with E-state index in [-0.39, 0.29) is 23.7 Å². The molecule has 1 amide bonds. The molecule has 0 aliphatic carbocycles. The number of Topliss-reactive ketones (excluding diaryl/α,β-unsaturated/α-hetero) is 1. The first-order chi connectivity index (χ1) is 12.7. The van der Waals surface area contributed by atoms with Crippen LogP contribution < -0.4 is 4.90 Å². The van der Waals surface area contributed by atoms with E-state index in [0.29, 0.717) is 17.2 Å². The Bertz CT molecular complexity index is 936. The van der Waals surface area contributed by atoms with Gasteiger partial charge in [0.15, 0.2) is 11.5 Å². The minimum Gasteiger partial charge on any atom is -0.503 e. The first-order valence-corrected chi connectivity index (χ1v) is 9.14. The molecule has 5 nitrogen and oxygen atoms in total. The molecule has 0 saturated heterocycles. The number of nitrogens with zero attached hydrogens (tertiary/aromatic N) is 1. The summed E-state index contributed by atoms with van der Waals surface area (Å²) in [5.41, 5.74) is 2.86. The molecule has 0 fully saturated rings. The molecule has 142 valence electrons. The lowest BCUT2D eigenvalue weighted by atomic mass is 9.95. The third-order valence-electron chi connectivity index (χ3n) is 4.90. The van der Waals surface area contributed by atoms with Crippen LogP contribution in [0.5, 0.6) is 0 Å². The lowest BCUT2D eigenvalue weighted by molar-refractivity contribution is -0.118. The van der Waals surface area contributed by atoms with Crippen LogP contribution in [0.2, 0.25) is 0 Å². The largest absolute Gasteiger partial charge is 0.503 e. The molecule has 5 heteroatoms. The number of ketones is 1. The Kier molecular flexibility index (Phi) is 4.96. The molecule has 1 aromatic heterocycles. The van der Waals surface area contributed by atoms with Crippen molar-refractivity contribution < 1.29 is 19.1 Å². The fraction of sp³-hybridized carbons (Fsp3) is 0.364. The molecule has 1 aliphatic rings. The number of carbonyl (C=O) groups excluding carboxylic acids is 2. The fourth-order valence-electron chi connectivity index (χ4n) is 3.38. The number of furan rings is 1. The number of aliphatic hydroxyl groups excluding tert-OH is 1. The summed E-state index contributed by atoms with van der Waals surface area (Å²) in [4.78, 5) is 27.2. The van der Waals surface area contributed by atoms with Gasteiger partial charge in [0, 0.05) is 12.1 Å². The average molecular weight is 367 g/mol. The molecule has 1 N–H and O–H groups in total. The Morgan fingerprint density at radius 2 is 1.85 bits per heavy atom. The second kappa shape index (κ2) is 7.06. The van der Waals surface area contributed by atoms with Crippen molar-refractivity contribution in [1.29, 1.82) is 0 Å². The standard InChI is InChI=1S/C22H25NO4/c1-12(2)10-17(24)19-20(18-9-7-15(5)27-18)23(22(26)21(19)25)16-8-6-13(3)14(4)11-16/h6-9,11-12,20,25H,10H2,1-5H3.